The second kappa shape index (κ2) is 9.22. The van der Waals surface area contributed by atoms with E-state index in [0.717, 1.165) is 21.7 Å². The third kappa shape index (κ3) is 4.47. The Morgan fingerprint density at radius 1 is 0.879 bits per heavy atom. The molecule has 0 aliphatic carbocycles. The van der Waals surface area contributed by atoms with Crippen LogP contribution >= 0.6 is 11.3 Å². The maximum atomic E-state index is 13.5. The van der Waals surface area contributed by atoms with Crippen LogP contribution < -0.4 is 5.43 Å². The number of thiazole rings is 1. The van der Waals surface area contributed by atoms with Crippen molar-refractivity contribution in [3.8, 4) is 11.1 Å². The van der Waals surface area contributed by atoms with Gasteiger partial charge in [0.1, 0.15) is 22.4 Å². The molecule has 6 heteroatoms. The summed E-state index contributed by atoms with van der Waals surface area (Å²) < 4.78 is 5.58. The highest BCUT2D eigenvalue weighted by molar-refractivity contribution is 7.09. The van der Waals surface area contributed by atoms with E-state index in [1.165, 1.54) is 17.6 Å². The lowest BCUT2D eigenvalue weighted by Crippen LogP contribution is -2.33. The van der Waals surface area contributed by atoms with Gasteiger partial charge in [-0.2, -0.15) is 0 Å². The normalized spacial score (nSPS) is 10.9. The molecule has 0 saturated heterocycles. The van der Waals surface area contributed by atoms with Gasteiger partial charge in [-0.15, -0.1) is 11.3 Å². The fourth-order valence-corrected chi connectivity index (χ4v) is 4.37. The predicted molar refractivity (Wildman–Crippen MR) is 130 cm³/mol. The Balaban J connectivity index is 1.46. The molecule has 1 amide bonds. The summed E-state index contributed by atoms with van der Waals surface area (Å²) in [5.41, 5.74) is 3.35. The number of hydrogen-bond donors (Lipinski definition) is 0. The Labute approximate surface area is 194 Å². The van der Waals surface area contributed by atoms with Crippen LogP contribution in [0.2, 0.25) is 0 Å². The number of aromatic nitrogens is 1. The van der Waals surface area contributed by atoms with Crippen molar-refractivity contribution in [3.05, 3.63) is 123 Å². The van der Waals surface area contributed by atoms with Crippen LogP contribution in [0.5, 0.6) is 0 Å². The summed E-state index contributed by atoms with van der Waals surface area (Å²) in [6.07, 6.45) is 2.97. The topological polar surface area (TPSA) is 63.4 Å². The van der Waals surface area contributed by atoms with E-state index in [4.69, 9.17) is 4.42 Å². The molecule has 0 spiro atoms. The van der Waals surface area contributed by atoms with Gasteiger partial charge >= 0.3 is 0 Å². The van der Waals surface area contributed by atoms with Crippen LogP contribution in [0.3, 0.4) is 0 Å². The lowest BCUT2D eigenvalue weighted by Gasteiger charge is -2.22. The smallest absolute Gasteiger partial charge is 0.261 e. The molecule has 0 aliphatic heterocycles. The molecule has 2 heterocycles. The van der Waals surface area contributed by atoms with Crippen LogP contribution in [0.15, 0.2) is 106 Å². The molecule has 5 aromatic rings. The summed E-state index contributed by atoms with van der Waals surface area (Å²) in [5.74, 6) is -0.378. The minimum atomic E-state index is -0.378. The zero-order valence-corrected chi connectivity index (χ0v) is 18.5. The summed E-state index contributed by atoms with van der Waals surface area (Å²) in [4.78, 5) is 32.4. The molecule has 5 rings (SSSR count). The van der Waals surface area contributed by atoms with E-state index in [1.807, 2.05) is 47.8 Å². The standard InChI is InChI=1S/C27H20N2O3S/c30-26-22-8-4-5-9-24(22)32-18-23(26)27(31)29(17-25-28-14-15-33-25)16-19-10-12-21(13-11-19)20-6-2-1-3-7-20/h1-15,18H,16-17H2. The van der Waals surface area contributed by atoms with E-state index >= 15 is 0 Å². The van der Waals surface area contributed by atoms with Gasteiger partial charge in [-0.3, -0.25) is 9.59 Å². The molecular weight excluding hydrogens is 432 g/mol. The number of rotatable bonds is 6. The second-order valence-electron chi connectivity index (χ2n) is 7.62. The number of para-hydroxylation sites is 1. The second-order valence-corrected chi connectivity index (χ2v) is 8.60. The third-order valence-electron chi connectivity index (χ3n) is 5.44. The Morgan fingerprint density at radius 3 is 2.36 bits per heavy atom. The van der Waals surface area contributed by atoms with E-state index in [9.17, 15) is 9.59 Å². The Morgan fingerprint density at radius 2 is 1.61 bits per heavy atom. The summed E-state index contributed by atoms with van der Waals surface area (Å²) in [7, 11) is 0. The van der Waals surface area contributed by atoms with Gasteiger partial charge in [-0.25, -0.2) is 4.98 Å². The average Bonchev–Trinajstić information content (AvgIpc) is 3.38. The monoisotopic (exact) mass is 452 g/mol. The first kappa shape index (κ1) is 20.8. The summed E-state index contributed by atoms with van der Waals surface area (Å²) >= 11 is 1.47. The Kier molecular flexibility index (Phi) is 5.83. The lowest BCUT2D eigenvalue weighted by molar-refractivity contribution is 0.0726. The molecule has 0 atom stereocenters. The maximum Gasteiger partial charge on any atom is 0.261 e. The zero-order valence-electron chi connectivity index (χ0n) is 17.7. The molecule has 0 N–H and O–H groups in total. The number of nitrogens with zero attached hydrogens (tertiary/aromatic N) is 2. The minimum absolute atomic E-state index is 0.0196. The molecule has 0 bridgehead atoms. The van der Waals surface area contributed by atoms with Crippen LogP contribution in [-0.2, 0) is 13.1 Å². The molecule has 5 nitrogen and oxygen atoms in total. The number of hydrogen-bond acceptors (Lipinski definition) is 5. The fourth-order valence-electron chi connectivity index (χ4n) is 3.74. The lowest BCUT2D eigenvalue weighted by atomic mass is 10.0. The van der Waals surface area contributed by atoms with E-state index in [2.05, 4.69) is 17.1 Å². The highest BCUT2D eigenvalue weighted by Crippen LogP contribution is 2.21. The first-order chi connectivity index (χ1) is 16.2. The highest BCUT2D eigenvalue weighted by Gasteiger charge is 2.22. The van der Waals surface area contributed by atoms with Crippen LogP contribution in [-0.4, -0.2) is 15.8 Å². The summed E-state index contributed by atoms with van der Waals surface area (Å²) in [6.45, 7) is 0.656. The number of fused-ring (bicyclic) bond motifs is 1. The van der Waals surface area contributed by atoms with E-state index < -0.39 is 0 Å². The molecule has 3 aromatic carbocycles. The minimum Gasteiger partial charge on any atom is -0.463 e. The Hall–Kier alpha value is -4.03. The largest absolute Gasteiger partial charge is 0.463 e. The van der Waals surface area contributed by atoms with Crippen molar-refractivity contribution in [1.82, 2.24) is 9.88 Å². The molecule has 0 fully saturated rings. The molecule has 2 aromatic heterocycles. The van der Waals surface area contributed by atoms with Crippen molar-refractivity contribution in [2.45, 2.75) is 13.1 Å². The molecular formula is C27H20N2O3S. The van der Waals surface area contributed by atoms with Gasteiger partial charge < -0.3 is 9.32 Å². The van der Waals surface area contributed by atoms with Gasteiger partial charge in [0.15, 0.2) is 0 Å². The SMILES string of the molecule is O=C(c1coc2ccccc2c1=O)N(Cc1ccc(-c2ccccc2)cc1)Cc1nccs1. The molecule has 0 aliphatic rings. The van der Waals surface area contributed by atoms with Gasteiger partial charge in [0.25, 0.3) is 5.91 Å². The van der Waals surface area contributed by atoms with Gasteiger partial charge in [-0.1, -0.05) is 66.7 Å². The van der Waals surface area contributed by atoms with Crippen LogP contribution in [0.1, 0.15) is 20.9 Å². The van der Waals surface area contributed by atoms with Crippen molar-refractivity contribution in [2.24, 2.45) is 0 Å². The first-order valence-corrected chi connectivity index (χ1v) is 11.4. The van der Waals surface area contributed by atoms with Gasteiger partial charge in [0, 0.05) is 18.1 Å². The van der Waals surface area contributed by atoms with Crippen LogP contribution in [0.4, 0.5) is 0 Å². The molecule has 162 valence electrons. The van der Waals surface area contributed by atoms with Crippen molar-refractivity contribution in [1.29, 1.82) is 0 Å². The number of carbonyl (C=O) groups is 1. The highest BCUT2D eigenvalue weighted by atomic mass is 32.1. The Bertz CT molecular complexity index is 1440. The predicted octanol–water partition coefficient (Wildman–Crippen LogP) is 5.76. The number of amides is 1. The van der Waals surface area contributed by atoms with Crippen LogP contribution in [0, 0.1) is 0 Å². The van der Waals surface area contributed by atoms with Crippen LogP contribution in [0.25, 0.3) is 22.1 Å². The van der Waals surface area contributed by atoms with E-state index in [1.54, 1.807) is 35.4 Å². The van der Waals surface area contributed by atoms with Gasteiger partial charge in [0.2, 0.25) is 5.43 Å². The molecule has 33 heavy (non-hydrogen) atoms. The van der Waals surface area contributed by atoms with Gasteiger partial charge in [-0.05, 0) is 28.8 Å². The zero-order chi connectivity index (χ0) is 22.6. The van der Waals surface area contributed by atoms with Crippen molar-refractivity contribution in [3.63, 3.8) is 0 Å². The number of carbonyl (C=O) groups excluding carboxylic acids is 1. The van der Waals surface area contributed by atoms with E-state index in [-0.39, 0.29) is 16.9 Å². The summed E-state index contributed by atoms with van der Waals surface area (Å²) in [6, 6.07) is 25.2. The average molecular weight is 453 g/mol. The van der Waals surface area contributed by atoms with Crippen molar-refractivity contribution in [2.75, 3.05) is 0 Å². The molecule has 0 radical (unpaired) electrons. The molecule has 0 unspecified atom stereocenters. The van der Waals surface area contributed by atoms with Crippen molar-refractivity contribution < 1.29 is 9.21 Å². The summed E-state index contributed by atoms with van der Waals surface area (Å²) in [5, 5.41) is 3.07. The third-order valence-corrected chi connectivity index (χ3v) is 6.21. The fraction of sp³-hybridized carbons (Fsp3) is 0.0741. The maximum absolute atomic E-state index is 13.5. The van der Waals surface area contributed by atoms with E-state index in [0.29, 0.717) is 24.1 Å². The van der Waals surface area contributed by atoms with Crippen molar-refractivity contribution >= 4 is 28.2 Å². The first-order valence-electron chi connectivity index (χ1n) is 10.5. The van der Waals surface area contributed by atoms with Gasteiger partial charge in [0.05, 0.1) is 11.9 Å². The molecule has 0 saturated carbocycles. The number of benzene rings is 3. The quantitative estimate of drug-likeness (QED) is 0.329.